The third-order valence-electron chi connectivity index (χ3n) is 1.48. The second kappa shape index (κ2) is 5.37. The molecular formula is C9H13NO3. The van der Waals surface area contributed by atoms with Gasteiger partial charge in [-0.25, -0.2) is 4.98 Å². The first kappa shape index (κ1) is 9.80. The number of hydrogen-bond acceptors (Lipinski definition) is 4. The maximum atomic E-state index is 9.25. The molecule has 0 amide bonds. The fraction of sp³-hybridized carbons (Fsp3) is 0.444. The number of pyridine rings is 1. The van der Waals surface area contributed by atoms with E-state index >= 15 is 0 Å². The lowest BCUT2D eigenvalue weighted by Gasteiger charge is -2.05. The predicted octanol–water partition coefficient (Wildman–Crippen LogP) is 1.20. The summed E-state index contributed by atoms with van der Waals surface area (Å²) in [6.07, 6.45) is 2.36. The Hall–Kier alpha value is -1.29. The van der Waals surface area contributed by atoms with Gasteiger partial charge in [-0.1, -0.05) is 0 Å². The van der Waals surface area contributed by atoms with Crippen LogP contribution in [-0.2, 0) is 4.74 Å². The molecule has 0 bridgehead atoms. The van der Waals surface area contributed by atoms with Gasteiger partial charge in [0.15, 0.2) is 5.75 Å². The molecule has 0 saturated heterocycles. The Bertz CT molecular complexity index is 252. The van der Waals surface area contributed by atoms with Gasteiger partial charge in [-0.15, -0.1) is 0 Å². The number of aromatic hydroxyl groups is 1. The second-order valence-corrected chi connectivity index (χ2v) is 2.52. The van der Waals surface area contributed by atoms with Gasteiger partial charge in [-0.05, 0) is 12.1 Å². The van der Waals surface area contributed by atoms with Crippen molar-refractivity contribution in [2.75, 3.05) is 20.3 Å². The highest BCUT2D eigenvalue weighted by atomic mass is 16.5. The van der Waals surface area contributed by atoms with Crippen LogP contribution in [-0.4, -0.2) is 30.4 Å². The number of ether oxygens (including phenoxy) is 2. The minimum absolute atomic E-state index is 0.0694. The predicted molar refractivity (Wildman–Crippen MR) is 47.9 cm³/mol. The summed E-state index contributed by atoms with van der Waals surface area (Å²) in [5.74, 6) is 0.346. The molecule has 0 saturated carbocycles. The van der Waals surface area contributed by atoms with Gasteiger partial charge in [0, 0.05) is 26.3 Å². The molecule has 0 unspecified atom stereocenters. The van der Waals surface area contributed by atoms with Gasteiger partial charge in [0.2, 0.25) is 0 Å². The zero-order valence-electron chi connectivity index (χ0n) is 7.56. The van der Waals surface area contributed by atoms with Crippen molar-refractivity contribution in [3.63, 3.8) is 0 Å². The Morgan fingerprint density at radius 1 is 1.46 bits per heavy atom. The van der Waals surface area contributed by atoms with Crippen molar-refractivity contribution in [1.82, 2.24) is 4.98 Å². The Morgan fingerprint density at radius 3 is 3.00 bits per heavy atom. The molecule has 0 spiro atoms. The minimum Gasteiger partial charge on any atom is -0.503 e. The monoisotopic (exact) mass is 183 g/mol. The first-order chi connectivity index (χ1) is 6.34. The summed E-state index contributed by atoms with van der Waals surface area (Å²) < 4.78 is 10.0. The van der Waals surface area contributed by atoms with Crippen LogP contribution in [0.5, 0.6) is 11.6 Å². The summed E-state index contributed by atoms with van der Waals surface area (Å²) >= 11 is 0. The normalized spacial score (nSPS) is 9.92. The van der Waals surface area contributed by atoms with E-state index in [2.05, 4.69) is 4.98 Å². The summed E-state index contributed by atoms with van der Waals surface area (Å²) in [4.78, 5) is 3.86. The van der Waals surface area contributed by atoms with E-state index in [-0.39, 0.29) is 11.6 Å². The topological polar surface area (TPSA) is 51.6 Å². The van der Waals surface area contributed by atoms with Crippen LogP contribution in [0.25, 0.3) is 0 Å². The largest absolute Gasteiger partial charge is 0.503 e. The van der Waals surface area contributed by atoms with Gasteiger partial charge < -0.3 is 14.6 Å². The zero-order chi connectivity index (χ0) is 9.52. The van der Waals surface area contributed by atoms with Crippen molar-refractivity contribution in [3.05, 3.63) is 18.3 Å². The highest BCUT2D eigenvalue weighted by Gasteiger charge is 2.00. The highest BCUT2D eigenvalue weighted by Crippen LogP contribution is 2.20. The van der Waals surface area contributed by atoms with Crippen LogP contribution >= 0.6 is 0 Å². The second-order valence-electron chi connectivity index (χ2n) is 2.52. The quantitative estimate of drug-likeness (QED) is 0.697. The maximum absolute atomic E-state index is 9.25. The summed E-state index contributed by atoms with van der Waals surface area (Å²) in [6, 6.07) is 3.19. The third-order valence-corrected chi connectivity index (χ3v) is 1.48. The molecule has 0 aliphatic carbocycles. The zero-order valence-corrected chi connectivity index (χ0v) is 7.56. The lowest BCUT2D eigenvalue weighted by Crippen LogP contribution is -2.02. The lowest BCUT2D eigenvalue weighted by molar-refractivity contribution is 0.169. The van der Waals surface area contributed by atoms with Gasteiger partial charge in [0.05, 0.1) is 6.61 Å². The fourth-order valence-electron chi connectivity index (χ4n) is 0.866. The molecule has 1 aromatic heterocycles. The lowest BCUT2D eigenvalue weighted by atomic mass is 10.4. The molecule has 4 heteroatoms. The molecule has 0 atom stereocenters. The molecule has 72 valence electrons. The Balaban J connectivity index is 2.32. The van der Waals surface area contributed by atoms with Crippen LogP contribution < -0.4 is 4.74 Å². The minimum atomic E-state index is 0.0694. The van der Waals surface area contributed by atoms with E-state index in [0.29, 0.717) is 13.2 Å². The fourth-order valence-corrected chi connectivity index (χ4v) is 0.866. The van der Waals surface area contributed by atoms with Crippen molar-refractivity contribution < 1.29 is 14.6 Å². The summed E-state index contributed by atoms with van der Waals surface area (Å²) in [7, 11) is 1.64. The first-order valence-corrected chi connectivity index (χ1v) is 4.10. The van der Waals surface area contributed by atoms with Crippen molar-refractivity contribution >= 4 is 0 Å². The highest BCUT2D eigenvalue weighted by molar-refractivity contribution is 5.30. The smallest absolute Gasteiger partial charge is 0.256 e. The molecule has 0 aliphatic heterocycles. The molecule has 0 radical (unpaired) electrons. The molecule has 4 nitrogen and oxygen atoms in total. The Kier molecular flexibility index (Phi) is 4.05. The Labute approximate surface area is 77.1 Å². The van der Waals surface area contributed by atoms with Gasteiger partial charge in [-0.2, -0.15) is 0 Å². The summed E-state index contributed by atoms with van der Waals surface area (Å²) in [6.45, 7) is 1.14. The SMILES string of the molecule is COCCCOc1ncccc1O. The number of hydrogen-bond donors (Lipinski definition) is 1. The van der Waals surface area contributed by atoms with E-state index in [1.54, 1.807) is 25.4 Å². The van der Waals surface area contributed by atoms with E-state index in [0.717, 1.165) is 6.42 Å². The number of nitrogens with zero attached hydrogens (tertiary/aromatic N) is 1. The molecule has 1 N–H and O–H groups in total. The van der Waals surface area contributed by atoms with E-state index in [1.165, 1.54) is 0 Å². The van der Waals surface area contributed by atoms with Crippen molar-refractivity contribution in [3.8, 4) is 11.6 Å². The molecule has 1 heterocycles. The van der Waals surface area contributed by atoms with Crippen LogP contribution in [0.4, 0.5) is 0 Å². The van der Waals surface area contributed by atoms with E-state index in [1.807, 2.05) is 0 Å². The maximum Gasteiger partial charge on any atom is 0.256 e. The van der Waals surface area contributed by atoms with Crippen LogP contribution in [0.3, 0.4) is 0 Å². The van der Waals surface area contributed by atoms with Gasteiger partial charge in [0.25, 0.3) is 5.88 Å². The molecular weight excluding hydrogens is 170 g/mol. The van der Waals surface area contributed by atoms with E-state index in [9.17, 15) is 5.11 Å². The van der Waals surface area contributed by atoms with Crippen LogP contribution in [0.2, 0.25) is 0 Å². The third kappa shape index (κ3) is 3.29. The number of methoxy groups -OCH3 is 1. The number of rotatable bonds is 5. The van der Waals surface area contributed by atoms with Gasteiger partial charge in [0.1, 0.15) is 0 Å². The van der Waals surface area contributed by atoms with E-state index in [4.69, 9.17) is 9.47 Å². The summed E-state index contributed by atoms with van der Waals surface area (Å²) in [5, 5.41) is 9.25. The number of aromatic nitrogens is 1. The molecule has 1 rings (SSSR count). The molecule has 13 heavy (non-hydrogen) atoms. The molecule has 1 aromatic rings. The van der Waals surface area contributed by atoms with Crippen molar-refractivity contribution in [2.45, 2.75) is 6.42 Å². The summed E-state index contributed by atoms with van der Waals surface area (Å²) in [5.41, 5.74) is 0. The standard InChI is InChI=1S/C9H13NO3/c1-12-6-3-7-13-9-8(11)4-2-5-10-9/h2,4-5,11H,3,6-7H2,1H3. The van der Waals surface area contributed by atoms with Crippen LogP contribution in [0.1, 0.15) is 6.42 Å². The van der Waals surface area contributed by atoms with Gasteiger partial charge >= 0.3 is 0 Å². The molecule has 0 fully saturated rings. The van der Waals surface area contributed by atoms with Crippen LogP contribution in [0, 0.1) is 0 Å². The van der Waals surface area contributed by atoms with Crippen LogP contribution in [0.15, 0.2) is 18.3 Å². The van der Waals surface area contributed by atoms with E-state index < -0.39 is 0 Å². The van der Waals surface area contributed by atoms with Gasteiger partial charge in [-0.3, -0.25) is 0 Å². The van der Waals surface area contributed by atoms with Crippen molar-refractivity contribution in [2.24, 2.45) is 0 Å². The molecule has 0 aliphatic rings. The molecule has 0 aromatic carbocycles. The van der Waals surface area contributed by atoms with Crippen molar-refractivity contribution in [1.29, 1.82) is 0 Å². The average molecular weight is 183 g/mol. The Morgan fingerprint density at radius 2 is 2.31 bits per heavy atom. The average Bonchev–Trinajstić information content (AvgIpc) is 2.15. The first-order valence-electron chi connectivity index (χ1n) is 4.10.